The van der Waals surface area contributed by atoms with E-state index < -0.39 is 23.9 Å². The first kappa shape index (κ1) is 17.7. The molecule has 0 atom stereocenters. The van der Waals surface area contributed by atoms with Gasteiger partial charge in [0.1, 0.15) is 0 Å². The molecule has 1 spiro atoms. The summed E-state index contributed by atoms with van der Waals surface area (Å²) in [5.74, 6) is -0.545. The van der Waals surface area contributed by atoms with Gasteiger partial charge >= 0.3 is 6.18 Å². The van der Waals surface area contributed by atoms with Gasteiger partial charge in [-0.25, -0.2) is 0 Å². The van der Waals surface area contributed by atoms with Crippen LogP contribution in [-0.4, -0.2) is 25.2 Å². The van der Waals surface area contributed by atoms with E-state index in [0.717, 1.165) is 29.9 Å². The van der Waals surface area contributed by atoms with Gasteiger partial charge in [-0.05, 0) is 74.6 Å². The van der Waals surface area contributed by atoms with Crippen molar-refractivity contribution in [3.05, 3.63) is 23.3 Å². The van der Waals surface area contributed by atoms with Crippen LogP contribution in [0, 0.1) is 24.7 Å². The van der Waals surface area contributed by atoms with Crippen LogP contribution in [0.5, 0.6) is 0 Å². The maximum absolute atomic E-state index is 13.1. The van der Waals surface area contributed by atoms with E-state index in [1.165, 1.54) is 19.3 Å². The summed E-state index contributed by atoms with van der Waals surface area (Å²) in [6, 6.07) is 4.08. The number of nitrogens with one attached hydrogen (secondary N) is 1. The van der Waals surface area contributed by atoms with Gasteiger partial charge in [0.05, 0.1) is 5.41 Å². The van der Waals surface area contributed by atoms with Crippen LogP contribution < -0.4 is 10.2 Å². The first-order valence-corrected chi connectivity index (χ1v) is 9.36. The molecule has 1 heterocycles. The molecule has 1 amide bonds. The number of amides is 1. The van der Waals surface area contributed by atoms with Crippen LogP contribution in [0.25, 0.3) is 0 Å². The third-order valence-electron chi connectivity index (χ3n) is 6.50. The molecule has 2 saturated carbocycles. The molecule has 4 rings (SSSR count). The fourth-order valence-corrected chi connectivity index (χ4v) is 4.26. The second kappa shape index (κ2) is 5.64. The van der Waals surface area contributed by atoms with Crippen LogP contribution in [0.2, 0.25) is 0 Å². The lowest BCUT2D eigenvalue weighted by molar-refractivity contribution is -0.189. The van der Waals surface area contributed by atoms with Crippen LogP contribution >= 0.6 is 0 Å². The Morgan fingerprint density at radius 1 is 1.12 bits per heavy atom. The fraction of sp³-hybridized carbons (Fsp3) is 0.650. The zero-order valence-electron chi connectivity index (χ0n) is 15.3. The van der Waals surface area contributed by atoms with Crippen molar-refractivity contribution in [2.45, 2.75) is 58.5 Å². The van der Waals surface area contributed by atoms with Gasteiger partial charge in [0.25, 0.3) is 0 Å². The number of carbonyl (C=O) groups is 1. The lowest BCUT2D eigenvalue weighted by atomic mass is 10.0. The molecule has 26 heavy (non-hydrogen) atoms. The summed E-state index contributed by atoms with van der Waals surface area (Å²) in [6.45, 7) is 5.96. The highest BCUT2D eigenvalue weighted by atomic mass is 19.4. The van der Waals surface area contributed by atoms with E-state index in [9.17, 15) is 18.0 Å². The van der Waals surface area contributed by atoms with Gasteiger partial charge in [-0.1, -0.05) is 0 Å². The number of halogens is 3. The number of alkyl halides is 3. The van der Waals surface area contributed by atoms with Gasteiger partial charge in [0.15, 0.2) is 0 Å². The number of anilines is 2. The molecule has 6 heteroatoms. The number of benzene rings is 1. The molecule has 3 fully saturated rings. The van der Waals surface area contributed by atoms with Crippen molar-refractivity contribution in [3.63, 3.8) is 0 Å². The van der Waals surface area contributed by atoms with E-state index in [4.69, 9.17) is 0 Å². The minimum atomic E-state index is -4.30. The molecule has 0 aromatic heterocycles. The molecular formula is C20H25F3N2O. The van der Waals surface area contributed by atoms with E-state index >= 15 is 0 Å². The van der Waals surface area contributed by atoms with Gasteiger partial charge in [0, 0.05) is 30.9 Å². The highest BCUT2D eigenvalue weighted by molar-refractivity contribution is 5.93. The number of hydrogen-bond acceptors (Lipinski definition) is 2. The molecular weight excluding hydrogens is 341 g/mol. The number of rotatable bonds is 4. The minimum absolute atomic E-state index is 0.0531. The standard InChI is InChI=1S/C20H25F3N2O/c1-13-9-15(25-8-7-18(12-25)3-4-18)10-14(2)17(13)24-16(26)11-19(5-6-19)20(21,22)23/h9-10H,3-8,11-12H2,1-2H3,(H,24,26). The maximum atomic E-state index is 13.1. The third kappa shape index (κ3) is 3.08. The summed E-state index contributed by atoms with van der Waals surface area (Å²) >= 11 is 0. The van der Waals surface area contributed by atoms with E-state index in [1.54, 1.807) is 0 Å². The molecule has 1 aliphatic heterocycles. The highest BCUT2D eigenvalue weighted by Gasteiger charge is 2.63. The minimum Gasteiger partial charge on any atom is -0.371 e. The zero-order chi connectivity index (χ0) is 18.7. The number of carbonyl (C=O) groups excluding carboxylic acids is 1. The van der Waals surface area contributed by atoms with Crippen LogP contribution in [0.15, 0.2) is 12.1 Å². The van der Waals surface area contributed by atoms with Crippen molar-refractivity contribution < 1.29 is 18.0 Å². The molecule has 0 radical (unpaired) electrons. The second-order valence-electron chi connectivity index (χ2n) is 8.63. The topological polar surface area (TPSA) is 32.3 Å². The Hall–Kier alpha value is -1.72. The molecule has 142 valence electrons. The Kier molecular flexibility index (Phi) is 3.83. The van der Waals surface area contributed by atoms with E-state index in [0.29, 0.717) is 11.1 Å². The molecule has 0 bridgehead atoms. The SMILES string of the molecule is Cc1cc(N2CCC3(CC3)C2)cc(C)c1NC(=O)CC1(C(F)(F)F)CC1. The molecule has 2 aliphatic carbocycles. The van der Waals surface area contributed by atoms with Gasteiger partial charge in [-0.2, -0.15) is 13.2 Å². The van der Waals surface area contributed by atoms with Gasteiger partial charge in [0.2, 0.25) is 5.91 Å². The van der Waals surface area contributed by atoms with Crippen molar-refractivity contribution in [1.29, 1.82) is 0 Å². The highest BCUT2D eigenvalue weighted by Crippen LogP contribution is 2.60. The molecule has 1 saturated heterocycles. The molecule has 3 nitrogen and oxygen atoms in total. The summed E-state index contributed by atoms with van der Waals surface area (Å²) < 4.78 is 39.2. The predicted octanol–water partition coefficient (Wildman–Crippen LogP) is 4.96. The van der Waals surface area contributed by atoms with Crippen LogP contribution in [0.3, 0.4) is 0 Å². The summed E-state index contributed by atoms with van der Waals surface area (Å²) in [7, 11) is 0. The first-order chi connectivity index (χ1) is 12.1. The lowest BCUT2D eigenvalue weighted by Crippen LogP contribution is -2.29. The van der Waals surface area contributed by atoms with Crippen molar-refractivity contribution in [2.75, 3.05) is 23.3 Å². The van der Waals surface area contributed by atoms with Crippen LogP contribution in [0.1, 0.15) is 49.7 Å². The third-order valence-corrected chi connectivity index (χ3v) is 6.50. The Morgan fingerprint density at radius 3 is 2.19 bits per heavy atom. The quantitative estimate of drug-likeness (QED) is 0.816. The molecule has 3 aliphatic rings. The number of aryl methyl sites for hydroxylation is 2. The zero-order valence-corrected chi connectivity index (χ0v) is 15.3. The average Bonchev–Trinajstić information content (AvgIpc) is 3.41. The van der Waals surface area contributed by atoms with E-state index in [1.807, 2.05) is 26.0 Å². The van der Waals surface area contributed by atoms with Crippen molar-refractivity contribution in [2.24, 2.45) is 10.8 Å². The summed E-state index contributed by atoms with van der Waals surface area (Å²) in [5, 5.41) is 2.74. The molecule has 1 N–H and O–H groups in total. The molecule has 1 aromatic rings. The first-order valence-electron chi connectivity index (χ1n) is 9.36. The van der Waals surface area contributed by atoms with Crippen LogP contribution in [-0.2, 0) is 4.79 Å². The smallest absolute Gasteiger partial charge is 0.371 e. The van der Waals surface area contributed by atoms with Gasteiger partial charge in [-0.15, -0.1) is 0 Å². The predicted molar refractivity (Wildman–Crippen MR) is 95.4 cm³/mol. The largest absolute Gasteiger partial charge is 0.395 e. The number of hydrogen-bond donors (Lipinski definition) is 1. The fourth-order valence-electron chi connectivity index (χ4n) is 4.26. The average molecular weight is 366 g/mol. The second-order valence-corrected chi connectivity index (χ2v) is 8.63. The van der Waals surface area contributed by atoms with Gasteiger partial charge < -0.3 is 10.2 Å². The van der Waals surface area contributed by atoms with E-state index in [2.05, 4.69) is 10.2 Å². The Balaban J connectivity index is 1.46. The van der Waals surface area contributed by atoms with Crippen LogP contribution in [0.4, 0.5) is 24.5 Å². The van der Waals surface area contributed by atoms with Crippen molar-refractivity contribution >= 4 is 17.3 Å². The summed E-state index contributed by atoms with van der Waals surface area (Å²) in [5.41, 5.74) is 2.34. The molecule has 1 aromatic carbocycles. The molecule has 0 unspecified atom stereocenters. The number of nitrogens with zero attached hydrogens (tertiary/aromatic N) is 1. The summed E-state index contributed by atoms with van der Waals surface area (Å²) in [6.07, 6.45) is -0.802. The van der Waals surface area contributed by atoms with E-state index in [-0.39, 0.29) is 12.8 Å². The lowest BCUT2D eigenvalue weighted by Gasteiger charge is -2.23. The summed E-state index contributed by atoms with van der Waals surface area (Å²) in [4.78, 5) is 14.6. The monoisotopic (exact) mass is 366 g/mol. The normalized spacial score (nSPS) is 22.6. The Labute approximate surface area is 151 Å². The van der Waals surface area contributed by atoms with Crippen molar-refractivity contribution in [1.82, 2.24) is 0 Å². The maximum Gasteiger partial charge on any atom is 0.395 e. The van der Waals surface area contributed by atoms with Gasteiger partial charge in [-0.3, -0.25) is 4.79 Å². The Bertz CT molecular complexity index is 725. The van der Waals surface area contributed by atoms with Crippen molar-refractivity contribution in [3.8, 4) is 0 Å². The Morgan fingerprint density at radius 2 is 1.73 bits per heavy atom.